The lowest BCUT2D eigenvalue weighted by Gasteiger charge is -2.15. The highest BCUT2D eigenvalue weighted by molar-refractivity contribution is 9.08. The largest absolute Gasteiger partial charge is 0.442 e. The van der Waals surface area contributed by atoms with E-state index in [0.29, 0.717) is 16.5 Å². The summed E-state index contributed by atoms with van der Waals surface area (Å²) in [6.07, 6.45) is 0.683. The average Bonchev–Trinajstić information content (AvgIpc) is 3.08. The number of benzene rings is 1. The summed E-state index contributed by atoms with van der Waals surface area (Å²) in [4.78, 5) is 0. The normalized spacial score (nSPS) is 16.6. The summed E-state index contributed by atoms with van der Waals surface area (Å²) in [5.41, 5.74) is -1.39. The van der Waals surface area contributed by atoms with Crippen LogP contribution in [-0.4, -0.2) is 6.18 Å². The van der Waals surface area contributed by atoms with Crippen molar-refractivity contribution in [1.82, 2.24) is 0 Å². The Kier molecular flexibility index (Phi) is 2.74. The molecule has 0 atom stereocenters. The number of hydrogen-bond donors (Lipinski definition) is 0. The lowest BCUT2D eigenvalue weighted by Crippen LogP contribution is -2.30. The molecule has 17 heavy (non-hydrogen) atoms. The summed E-state index contributed by atoms with van der Waals surface area (Å²) >= 11 is 3.18. The number of rotatable bonds is 2. The Balaban J connectivity index is 2.50. The Bertz CT molecular complexity index is 522. The smallest absolute Gasteiger partial charge is 0.166 e. The zero-order chi connectivity index (χ0) is 12.7. The first-order valence-corrected chi connectivity index (χ1v) is 5.73. The van der Waals surface area contributed by atoms with Gasteiger partial charge in [0.05, 0.1) is 0 Å². The quantitative estimate of drug-likeness (QED) is 0.587. The maximum atomic E-state index is 12.8. The van der Waals surface area contributed by atoms with E-state index in [1.54, 1.807) is 6.07 Å². The van der Waals surface area contributed by atoms with E-state index in [0.717, 1.165) is 0 Å². The summed E-state index contributed by atoms with van der Waals surface area (Å²) in [7, 11) is 0. The number of terminal acetylenes is 1. The lowest BCUT2D eigenvalue weighted by atomic mass is 9.98. The molecule has 0 aromatic heterocycles. The van der Waals surface area contributed by atoms with Crippen LogP contribution < -0.4 is 0 Å². The van der Waals surface area contributed by atoms with E-state index in [2.05, 4.69) is 32.1 Å². The minimum atomic E-state index is -4.52. The van der Waals surface area contributed by atoms with Crippen molar-refractivity contribution in [2.75, 3.05) is 0 Å². The van der Waals surface area contributed by atoms with Crippen LogP contribution in [0.15, 0.2) is 28.4 Å². The first kappa shape index (κ1) is 12.1. The molecule has 2 rings (SSSR count). The second kappa shape index (κ2) is 3.84. The molecule has 1 aromatic rings. The van der Waals surface area contributed by atoms with Crippen molar-refractivity contribution < 1.29 is 13.2 Å². The molecule has 88 valence electrons. The van der Waals surface area contributed by atoms with E-state index in [1.807, 2.05) is 0 Å². The molecule has 0 fully saturated rings. The fourth-order valence-corrected chi connectivity index (χ4v) is 1.82. The molecule has 0 amide bonds. The molecule has 0 aliphatic carbocycles. The van der Waals surface area contributed by atoms with E-state index in [9.17, 15) is 13.2 Å². The molecule has 0 saturated carbocycles. The predicted molar refractivity (Wildman–Crippen MR) is 59.6 cm³/mol. The molecule has 0 saturated heterocycles. The van der Waals surface area contributed by atoms with Crippen molar-refractivity contribution in [1.29, 1.82) is 0 Å². The van der Waals surface area contributed by atoms with E-state index in [4.69, 9.17) is 6.42 Å². The highest BCUT2D eigenvalue weighted by Crippen LogP contribution is 2.52. The van der Waals surface area contributed by atoms with Crippen molar-refractivity contribution in [3.63, 3.8) is 0 Å². The van der Waals surface area contributed by atoms with Crippen molar-refractivity contribution in [3.05, 3.63) is 34.9 Å². The maximum Gasteiger partial charge on any atom is 0.442 e. The summed E-state index contributed by atoms with van der Waals surface area (Å²) < 4.78 is 38.4. The summed E-state index contributed by atoms with van der Waals surface area (Å²) in [5.74, 6) is 2.32. The van der Waals surface area contributed by atoms with Crippen LogP contribution in [0.3, 0.4) is 0 Å². The monoisotopic (exact) mass is 302 g/mol. The minimum absolute atomic E-state index is 0.0325. The van der Waals surface area contributed by atoms with Crippen LogP contribution in [0.25, 0.3) is 0 Å². The van der Waals surface area contributed by atoms with Gasteiger partial charge in [-0.05, 0) is 23.8 Å². The third kappa shape index (κ3) is 1.95. The Morgan fingerprint density at radius 2 is 1.94 bits per heavy atom. The van der Waals surface area contributed by atoms with Crippen LogP contribution in [-0.2, 0) is 11.0 Å². The van der Waals surface area contributed by atoms with Crippen LogP contribution >= 0.6 is 15.9 Å². The van der Waals surface area contributed by atoms with Crippen LogP contribution in [0, 0.1) is 12.3 Å². The van der Waals surface area contributed by atoms with E-state index in [1.165, 1.54) is 12.1 Å². The first-order valence-electron chi connectivity index (χ1n) is 4.61. The van der Waals surface area contributed by atoms with Crippen molar-refractivity contribution in [3.8, 4) is 12.3 Å². The van der Waals surface area contributed by atoms with Gasteiger partial charge in [-0.1, -0.05) is 21.9 Å². The van der Waals surface area contributed by atoms with Gasteiger partial charge in [-0.15, -0.1) is 16.7 Å². The SMILES string of the molecule is C#Cc1cc(CBr)cc(C2(C(F)(F)F)N=N2)c1. The Morgan fingerprint density at radius 1 is 1.29 bits per heavy atom. The standard InChI is InChI=1S/C11H6BrF3N2/c1-2-7-3-8(6-12)5-9(4-7)10(16-17-10)11(13,14)15/h1,3-5H,6H2. The van der Waals surface area contributed by atoms with Crippen molar-refractivity contribution in [2.45, 2.75) is 17.2 Å². The van der Waals surface area contributed by atoms with Gasteiger partial charge in [0, 0.05) is 16.5 Å². The highest BCUT2D eigenvalue weighted by atomic mass is 79.9. The second-order valence-corrected chi connectivity index (χ2v) is 4.13. The van der Waals surface area contributed by atoms with Gasteiger partial charge >= 0.3 is 11.8 Å². The number of nitrogens with zero attached hydrogens (tertiary/aromatic N) is 2. The Morgan fingerprint density at radius 3 is 2.35 bits per heavy atom. The number of hydrogen-bond acceptors (Lipinski definition) is 2. The average molecular weight is 303 g/mol. The molecule has 1 aliphatic heterocycles. The van der Waals surface area contributed by atoms with Gasteiger partial charge in [0.1, 0.15) is 0 Å². The maximum absolute atomic E-state index is 12.8. The zero-order valence-corrected chi connectivity index (χ0v) is 10.0. The topological polar surface area (TPSA) is 24.7 Å². The molecule has 1 aliphatic rings. The fourth-order valence-electron chi connectivity index (χ4n) is 1.50. The van der Waals surface area contributed by atoms with Crippen molar-refractivity contribution >= 4 is 15.9 Å². The van der Waals surface area contributed by atoms with Crippen LogP contribution in [0.1, 0.15) is 16.7 Å². The third-order valence-corrected chi connectivity index (χ3v) is 3.06. The molecule has 0 radical (unpaired) electrons. The van der Waals surface area contributed by atoms with Crippen LogP contribution in [0.4, 0.5) is 13.2 Å². The zero-order valence-electron chi connectivity index (χ0n) is 8.42. The lowest BCUT2D eigenvalue weighted by molar-refractivity contribution is -0.166. The Hall–Kier alpha value is -1.35. The van der Waals surface area contributed by atoms with Crippen molar-refractivity contribution in [2.24, 2.45) is 10.2 Å². The van der Waals surface area contributed by atoms with Gasteiger partial charge in [-0.25, -0.2) is 0 Å². The van der Waals surface area contributed by atoms with Gasteiger partial charge in [0.2, 0.25) is 0 Å². The molecule has 1 aromatic carbocycles. The third-order valence-electron chi connectivity index (χ3n) is 2.41. The van der Waals surface area contributed by atoms with E-state index in [-0.39, 0.29) is 5.56 Å². The summed E-state index contributed by atoms with van der Waals surface area (Å²) in [6, 6.07) is 4.34. The van der Waals surface area contributed by atoms with Crippen LogP contribution in [0.2, 0.25) is 0 Å². The summed E-state index contributed by atoms with van der Waals surface area (Å²) in [5, 5.41) is 6.70. The fraction of sp³-hybridized carbons (Fsp3) is 0.273. The molecular weight excluding hydrogens is 297 g/mol. The van der Waals surface area contributed by atoms with Gasteiger partial charge in [-0.3, -0.25) is 0 Å². The molecule has 1 heterocycles. The molecule has 0 bridgehead atoms. The van der Waals surface area contributed by atoms with Gasteiger partial charge in [0.15, 0.2) is 0 Å². The number of halogens is 4. The van der Waals surface area contributed by atoms with Gasteiger partial charge in [0.25, 0.3) is 0 Å². The second-order valence-electron chi connectivity index (χ2n) is 3.57. The minimum Gasteiger partial charge on any atom is -0.166 e. The van der Waals surface area contributed by atoms with Gasteiger partial charge < -0.3 is 0 Å². The van der Waals surface area contributed by atoms with E-state index < -0.39 is 11.8 Å². The molecule has 0 spiro atoms. The molecule has 2 nitrogen and oxygen atoms in total. The predicted octanol–water partition coefficient (Wildman–Crippen LogP) is 3.74. The first-order chi connectivity index (χ1) is 7.93. The van der Waals surface area contributed by atoms with Gasteiger partial charge in [-0.2, -0.15) is 13.2 Å². The molecule has 6 heteroatoms. The highest BCUT2D eigenvalue weighted by Gasteiger charge is 2.65. The summed E-state index contributed by atoms with van der Waals surface area (Å²) in [6.45, 7) is 0. The number of alkyl halides is 4. The molecule has 0 unspecified atom stereocenters. The Labute approximate surface area is 104 Å². The molecular formula is C11H6BrF3N2. The molecule has 0 N–H and O–H groups in total. The van der Waals surface area contributed by atoms with Crippen LogP contribution in [0.5, 0.6) is 0 Å². The van der Waals surface area contributed by atoms with E-state index >= 15 is 0 Å².